The number of carbonyl (C=O) groups excluding carboxylic acids is 3. The fraction of sp³-hybridized carbons (Fsp3) is 0.471. The van der Waals surface area contributed by atoms with Crippen LogP contribution in [0.4, 0.5) is 4.39 Å². The van der Waals surface area contributed by atoms with Crippen molar-refractivity contribution in [1.82, 2.24) is 5.32 Å². The lowest BCUT2D eigenvalue weighted by molar-refractivity contribution is -0.147. The Morgan fingerprint density at radius 1 is 1.29 bits per heavy atom. The fourth-order valence-electron chi connectivity index (χ4n) is 1.95. The van der Waals surface area contributed by atoms with Crippen LogP contribution >= 0.6 is 0 Å². The molecule has 0 aliphatic rings. The molecule has 7 heteroatoms. The predicted octanol–water partition coefficient (Wildman–Crippen LogP) is 1.99. The van der Waals surface area contributed by atoms with Gasteiger partial charge >= 0.3 is 11.9 Å². The summed E-state index contributed by atoms with van der Waals surface area (Å²) in [5.74, 6) is -2.68. The number of hydrogen-bond acceptors (Lipinski definition) is 5. The molecule has 6 nitrogen and oxygen atoms in total. The summed E-state index contributed by atoms with van der Waals surface area (Å²) in [5, 5.41) is 2.48. The molecule has 2 atom stereocenters. The van der Waals surface area contributed by atoms with Crippen LogP contribution in [0.25, 0.3) is 0 Å². The minimum atomic E-state index is -0.817. The monoisotopic (exact) mass is 339 g/mol. The molecule has 0 radical (unpaired) electrons. The third-order valence-electron chi connectivity index (χ3n) is 3.73. The molecule has 0 heterocycles. The zero-order chi connectivity index (χ0) is 18.3. The van der Waals surface area contributed by atoms with Crippen molar-refractivity contribution in [3.05, 3.63) is 35.1 Å². The quantitative estimate of drug-likeness (QED) is 0.768. The molecule has 0 aromatic heterocycles. The Hall–Kier alpha value is -2.44. The number of benzene rings is 1. The Balaban J connectivity index is 2.62. The van der Waals surface area contributed by atoms with Gasteiger partial charge in [0.2, 0.25) is 0 Å². The van der Waals surface area contributed by atoms with Crippen LogP contribution in [0, 0.1) is 18.7 Å². The first kappa shape index (κ1) is 19.6. The van der Waals surface area contributed by atoms with Crippen molar-refractivity contribution in [2.24, 2.45) is 5.92 Å². The minimum absolute atomic E-state index is 0.0114. The molecule has 1 N–H and O–H groups in total. The Bertz CT molecular complexity index is 617. The number of esters is 2. The van der Waals surface area contributed by atoms with E-state index in [1.165, 1.54) is 19.2 Å². The van der Waals surface area contributed by atoms with Crippen LogP contribution in [-0.4, -0.2) is 37.6 Å². The molecular weight excluding hydrogens is 317 g/mol. The van der Waals surface area contributed by atoms with Gasteiger partial charge in [-0.15, -0.1) is 0 Å². The van der Waals surface area contributed by atoms with Crippen molar-refractivity contribution in [2.75, 3.05) is 13.7 Å². The topological polar surface area (TPSA) is 81.7 Å². The lowest BCUT2D eigenvalue weighted by Gasteiger charge is -2.21. The third kappa shape index (κ3) is 5.33. The van der Waals surface area contributed by atoms with Crippen LogP contribution in [0.1, 0.15) is 36.2 Å². The van der Waals surface area contributed by atoms with Crippen LogP contribution in [0.15, 0.2) is 18.2 Å². The Morgan fingerprint density at radius 2 is 1.96 bits per heavy atom. The summed E-state index contributed by atoms with van der Waals surface area (Å²) >= 11 is 0. The van der Waals surface area contributed by atoms with Gasteiger partial charge in [0.05, 0.1) is 12.7 Å². The van der Waals surface area contributed by atoms with Gasteiger partial charge in [-0.1, -0.05) is 26.3 Å². The molecular formula is C17H22FNO5. The van der Waals surface area contributed by atoms with Crippen molar-refractivity contribution >= 4 is 17.8 Å². The Kier molecular flexibility index (Phi) is 7.35. The highest BCUT2D eigenvalue weighted by Crippen LogP contribution is 2.11. The molecule has 1 aromatic carbocycles. The third-order valence-corrected chi connectivity index (χ3v) is 3.73. The molecule has 1 amide bonds. The minimum Gasteiger partial charge on any atom is -0.467 e. The van der Waals surface area contributed by atoms with E-state index < -0.39 is 36.3 Å². The maximum absolute atomic E-state index is 13.4. The van der Waals surface area contributed by atoms with Gasteiger partial charge in [-0.05, 0) is 30.5 Å². The highest BCUT2D eigenvalue weighted by atomic mass is 19.1. The van der Waals surface area contributed by atoms with Gasteiger partial charge in [-0.3, -0.25) is 4.79 Å². The van der Waals surface area contributed by atoms with E-state index in [0.717, 1.165) is 6.07 Å². The van der Waals surface area contributed by atoms with Gasteiger partial charge in [-0.2, -0.15) is 0 Å². The SMILES string of the molecule is CC[C@H](C)[C@H](NC(=O)COC(=O)c1ccc(C)c(F)c1)C(=O)OC. The molecule has 0 aliphatic heterocycles. The second-order valence-electron chi connectivity index (χ2n) is 5.49. The fourth-order valence-corrected chi connectivity index (χ4v) is 1.95. The Morgan fingerprint density at radius 3 is 2.50 bits per heavy atom. The summed E-state index contributed by atoms with van der Waals surface area (Å²) in [6.07, 6.45) is 0.655. The summed E-state index contributed by atoms with van der Waals surface area (Å²) in [6, 6.07) is 3.09. The molecule has 24 heavy (non-hydrogen) atoms. The zero-order valence-corrected chi connectivity index (χ0v) is 14.2. The highest BCUT2D eigenvalue weighted by Gasteiger charge is 2.27. The first-order valence-corrected chi connectivity index (χ1v) is 7.60. The number of ether oxygens (including phenoxy) is 2. The molecule has 0 saturated heterocycles. The number of nitrogens with one attached hydrogen (secondary N) is 1. The average molecular weight is 339 g/mol. The van der Waals surface area contributed by atoms with Crippen molar-refractivity contribution < 1.29 is 28.2 Å². The predicted molar refractivity (Wildman–Crippen MR) is 84.8 cm³/mol. The van der Waals surface area contributed by atoms with Crippen molar-refractivity contribution in [1.29, 1.82) is 0 Å². The molecule has 1 rings (SSSR count). The summed E-state index contributed by atoms with van der Waals surface area (Å²) in [7, 11) is 1.23. The van der Waals surface area contributed by atoms with E-state index in [4.69, 9.17) is 4.74 Å². The zero-order valence-electron chi connectivity index (χ0n) is 14.2. The molecule has 132 valence electrons. The summed E-state index contributed by atoms with van der Waals surface area (Å²) in [6.45, 7) is 4.67. The lowest BCUT2D eigenvalue weighted by Crippen LogP contribution is -2.47. The number of rotatable bonds is 7. The van der Waals surface area contributed by atoms with E-state index in [0.29, 0.717) is 12.0 Å². The van der Waals surface area contributed by atoms with Gasteiger partial charge in [0.15, 0.2) is 6.61 Å². The molecule has 0 bridgehead atoms. The second-order valence-corrected chi connectivity index (χ2v) is 5.49. The van der Waals surface area contributed by atoms with Gasteiger partial charge in [0.25, 0.3) is 5.91 Å². The van der Waals surface area contributed by atoms with E-state index in [2.05, 4.69) is 10.1 Å². The first-order valence-electron chi connectivity index (χ1n) is 7.60. The number of halogens is 1. The van der Waals surface area contributed by atoms with E-state index in [-0.39, 0.29) is 11.5 Å². The van der Waals surface area contributed by atoms with Crippen LogP contribution in [-0.2, 0) is 19.1 Å². The molecule has 0 spiro atoms. The van der Waals surface area contributed by atoms with Crippen molar-refractivity contribution in [3.63, 3.8) is 0 Å². The lowest BCUT2D eigenvalue weighted by atomic mass is 9.99. The average Bonchev–Trinajstić information content (AvgIpc) is 2.58. The standard InChI is InChI=1S/C17H22FNO5/c1-5-10(2)15(17(22)23-4)19-14(20)9-24-16(21)12-7-6-11(3)13(18)8-12/h6-8,10,15H,5,9H2,1-4H3,(H,19,20)/t10-,15-/m0/s1. The van der Waals surface area contributed by atoms with Gasteiger partial charge in [-0.25, -0.2) is 14.0 Å². The summed E-state index contributed by atoms with van der Waals surface area (Å²) < 4.78 is 22.9. The normalized spacial score (nSPS) is 12.9. The smallest absolute Gasteiger partial charge is 0.338 e. The van der Waals surface area contributed by atoms with Crippen molar-refractivity contribution in [3.8, 4) is 0 Å². The van der Waals surface area contributed by atoms with Gasteiger partial charge in [0, 0.05) is 0 Å². The maximum Gasteiger partial charge on any atom is 0.338 e. The molecule has 0 aliphatic carbocycles. The van der Waals surface area contributed by atoms with Gasteiger partial charge < -0.3 is 14.8 Å². The number of amides is 1. The largest absolute Gasteiger partial charge is 0.467 e. The summed E-state index contributed by atoms with van der Waals surface area (Å²) in [5.41, 5.74) is 0.413. The highest BCUT2D eigenvalue weighted by molar-refractivity contribution is 5.92. The van der Waals surface area contributed by atoms with E-state index in [1.807, 2.05) is 6.92 Å². The first-order chi connectivity index (χ1) is 11.3. The van der Waals surface area contributed by atoms with E-state index in [1.54, 1.807) is 13.8 Å². The van der Waals surface area contributed by atoms with Crippen LogP contribution < -0.4 is 5.32 Å². The van der Waals surface area contributed by atoms with Crippen LogP contribution in [0.5, 0.6) is 0 Å². The molecule has 0 saturated carbocycles. The molecule has 1 aromatic rings. The Labute approximate surface area is 140 Å². The second kappa shape index (κ2) is 9.00. The van der Waals surface area contributed by atoms with Crippen LogP contribution in [0.3, 0.4) is 0 Å². The van der Waals surface area contributed by atoms with E-state index in [9.17, 15) is 18.8 Å². The molecule has 0 fully saturated rings. The number of hydrogen-bond donors (Lipinski definition) is 1. The van der Waals surface area contributed by atoms with Gasteiger partial charge in [0.1, 0.15) is 11.9 Å². The van der Waals surface area contributed by atoms with Crippen LogP contribution in [0.2, 0.25) is 0 Å². The van der Waals surface area contributed by atoms with Crippen molar-refractivity contribution in [2.45, 2.75) is 33.2 Å². The summed E-state index contributed by atoms with van der Waals surface area (Å²) in [4.78, 5) is 35.4. The molecule has 0 unspecified atom stereocenters. The maximum atomic E-state index is 13.4. The number of methoxy groups -OCH3 is 1. The number of carbonyl (C=O) groups is 3. The van der Waals surface area contributed by atoms with E-state index >= 15 is 0 Å². The number of aryl methyl sites for hydroxylation is 1.